The van der Waals surface area contributed by atoms with E-state index in [-0.39, 0.29) is 4.90 Å². The third-order valence-electron chi connectivity index (χ3n) is 5.37. The van der Waals surface area contributed by atoms with Crippen LogP contribution in [0.1, 0.15) is 24.7 Å². The number of nitrogens with zero attached hydrogens (tertiary/aromatic N) is 5. The molecule has 0 N–H and O–H groups in total. The molecule has 2 fully saturated rings. The van der Waals surface area contributed by atoms with Crippen molar-refractivity contribution in [3.63, 3.8) is 0 Å². The Morgan fingerprint density at radius 3 is 2.53 bits per heavy atom. The molecule has 1 aliphatic heterocycles. The van der Waals surface area contributed by atoms with Gasteiger partial charge in [0.15, 0.2) is 0 Å². The van der Waals surface area contributed by atoms with Gasteiger partial charge in [0.25, 0.3) is 0 Å². The smallest absolute Gasteiger partial charge is 0.243 e. The first kappa shape index (κ1) is 19.5. The lowest BCUT2D eigenvalue weighted by Gasteiger charge is -2.34. The van der Waals surface area contributed by atoms with Crippen LogP contribution >= 0.6 is 11.6 Å². The number of halogens is 1. The fourth-order valence-corrected chi connectivity index (χ4v) is 5.21. The van der Waals surface area contributed by atoms with E-state index >= 15 is 0 Å². The Balaban J connectivity index is 1.25. The van der Waals surface area contributed by atoms with Gasteiger partial charge in [0, 0.05) is 48.9 Å². The van der Waals surface area contributed by atoms with Crippen molar-refractivity contribution in [3.05, 3.63) is 53.5 Å². The molecule has 30 heavy (non-hydrogen) atoms. The van der Waals surface area contributed by atoms with Crippen LogP contribution in [0.15, 0.2) is 52.0 Å². The monoisotopic (exact) mass is 445 g/mol. The molecule has 0 amide bonds. The summed E-state index contributed by atoms with van der Waals surface area (Å²) in [5.41, 5.74) is 0.802. The van der Waals surface area contributed by atoms with Crippen LogP contribution in [0, 0.1) is 0 Å². The molecule has 0 atom stereocenters. The highest BCUT2D eigenvalue weighted by atomic mass is 35.5. The van der Waals surface area contributed by atoms with Gasteiger partial charge in [-0.15, -0.1) is 0 Å². The molecule has 8 nitrogen and oxygen atoms in total. The maximum atomic E-state index is 12.8. The molecule has 0 bridgehead atoms. The molecule has 1 aromatic carbocycles. The summed E-state index contributed by atoms with van der Waals surface area (Å²) in [6.07, 6.45) is 3.95. The summed E-state index contributed by atoms with van der Waals surface area (Å²) in [7, 11) is -3.56. The van der Waals surface area contributed by atoms with Gasteiger partial charge in [0.05, 0.1) is 4.90 Å². The lowest BCUT2D eigenvalue weighted by atomic mass is 10.2. The second kappa shape index (κ2) is 7.64. The summed E-state index contributed by atoms with van der Waals surface area (Å²) < 4.78 is 32.5. The summed E-state index contributed by atoms with van der Waals surface area (Å²) in [4.78, 5) is 11.3. The zero-order valence-corrected chi connectivity index (χ0v) is 17.7. The Morgan fingerprint density at radius 1 is 1.07 bits per heavy atom. The molecule has 0 spiro atoms. The molecule has 3 aromatic rings. The number of rotatable bonds is 5. The van der Waals surface area contributed by atoms with Gasteiger partial charge in [0.2, 0.25) is 21.7 Å². The van der Waals surface area contributed by atoms with E-state index in [1.165, 1.54) is 10.4 Å². The number of aromatic nitrogens is 3. The topological polar surface area (TPSA) is 92.4 Å². The molecule has 0 unspecified atom stereocenters. The Kier molecular flexibility index (Phi) is 4.96. The van der Waals surface area contributed by atoms with Crippen LogP contribution in [0.4, 0.5) is 5.82 Å². The molecule has 1 aliphatic carbocycles. The number of hydrogen-bond acceptors (Lipinski definition) is 7. The fourth-order valence-electron chi connectivity index (χ4n) is 3.49. The summed E-state index contributed by atoms with van der Waals surface area (Å²) in [5.74, 6) is 2.46. The second-order valence-electron chi connectivity index (χ2n) is 7.48. The SMILES string of the molecule is O=S(=O)(c1cccc(Cl)c1)N1CCN(c2ccc(-c3noc(C4CC4)n3)cn2)CC1. The molecule has 156 valence electrons. The van der Waals surface area contributed by atoms with E-state index in [4.69, 9.17) is 16.1 Å². The predicted octanol–water partition coefficient (Wildman–Crippen LogP) is 3.17. The highest BCUT2D eigenvalue weighted by Gasteiger charge is 2.30. The highest BCUT2D eigenvalue weighted by Crippen LogP contribution is 2.39. The van der Waals surface area contributed by atoms with E-state index < -0.39 is 10.0 Å². The molecular weight excluding hydrogens is 426 g/mol. The predicted molar refractivity (Wildman–Crippen MR) is 112 cm³/mol. The van der Waals surface area contributed by atoms with Crippen molar-refractivity contribution in [2.75, 3.05) is 31.1 Å². The van der Waals surface area contributed by atoms with Crippen molar-refractivity contribution >= 4 is 27.4 Å². The summed E-state index contributed by atoms with van der Waals surface area (Å²) in [6.45, 7) is 1.88. The number of anilines is 1. The minimum absolute atomic E-state index is 0.219. The van der Waals surface area contributed by atoms with Gasteiger partial charge in [-0.2, -0.15) is 9.29 Å². The van der Waals surface area contributed by atoms with Crippen molar-refractivity contribution in [1.29, 1.82) is 0 Å². The molecule has 5 rings (SSSR count). The number of benzene rings is 1. The van der Waals surface area contributed by atoms with E-state index in [0.29, 0.717) is 48.8 Å². The molecule has 2 aromatic heterocycles. The van der Waals surface area contributed by atoms with Crippen LogP contribution in [-0.4, -0.2) is 54.0 Å². The van der Waals surface area contributed by atoms with Crippen LogP contribution in [0.2, 0.25) is 5.02 Å². The van der Waals surface area contributed by atoms with Gasteiger partial charge < -0.3 is 9.42 Å². The summed E-state index contributed by atoms with van der Waals surface area (Å²) >= 11 is 5.96. The van der Waals surface area contributed by atoms with Gasteiger partial charge >= 0.3 is 0 Å². The lowest BCUT2D eigenvalue weighted by Crippen LogP contribution is -2.48. The molecular formula is C20H20ClN5O3S. The third kappa shape index (κ3) is 3.80. The minimum atomic E-state index is -3.56. The second-order valence-corrected chi connectivity index (χ2v) is 9.86. The highest BCUT2D eigenvalue weighted by molar-refractivity contribution is 7.89. The molecule has 1 saturated carbocycles. The van der Waals surface area contributed by atoms with Gasteiger partial charge in [-0.3, -0.25) is 0 Å². The Bertz CT molecular complexity index is 1150. The van der Waals surface area contributed by atoms with E-state index in [1.54, 1.807) is 24.4 Å². The van der Waals surface area contributed by atoms with Gasteiger partial charge in [-0.05, 0) is 43.2 Å². The van der Waals surface area contributed by atoms with Crippen molar-refractivity contribution < 1.29 is 12.9 Å². The largest absolute Gasteiger partial charge is 0.354 e. The Labute approximate surface area is 179 Å². The van der Waals surface area contributed by atoms with Crippen molar-refractivity contribution in [2.45, 2.75) is 23.7 Å². The number of pyridine rings is 1. The number of hydrogen-bond donors (Lipinski definition) is 0. The fraction of sp³-hybridized carbons (Fsp3) is 0.350. The van der Waals surface area contributed by atoms with E-state index in [9.17, 15) is 8.42 Å². The molecule has 10 heteroatoms. The first-order valence-corrected chi connectivity index (χ1v) is 11.6. The van der Waals surface area contributed by atoms with Crippen LogP contribution in [0.5, 0.6) is 0 Å². The zero-order valence-electron chi connectivity index (χ0n) is 16.1. The van der Waals surface area contributed by atoms with Gasteiger partial charge in [0.1, 0.15) is 5.82 Å². The van der Waals surface area contributed by atoms with E-state index in [2.05, 4.69) is 20.0 Å². The van der Waals surface area contributed by atoms with Crippen LogP contribution in [0.25, 0.3) is 11.4 Å². The average molecular weight is 446 g/mol. The van der Waals surface area contributed by atoms with Crippen LogP contribution in [-0.2, 0) is 10.0 Å². The average Bonchev–Trinajstić information content (AvgIpc) is 3.50. The normalized spacial score (nSPS) is 18.0. The Hall–Kier alpha value is -2.49. The first-order chi connectivity index (χ1) is 14.5. The number of piperazine rings is 1. The third-order valence-corrected chi connectivity index (χ3v) is 7.50. The minimum Gasteiger partial charge on any atom is -0.354 e. The lowest BCUT2D eigenvalue weighted by molar-refractivity contribution is 0.380. The standard InChI is InChI=1S/C20H20ClN5O3S/c21-16-2-1-3-17(12-16)30(27,28)26-10-8-25(9-11-26)18-7-6-15(13-22-18)19-23-20(29-24-19)14-4-5-14/h1-3,6-7,12-14H,4-5,8-11H2. The van der Waals surface area contributed by atoms with Crippen LogP contribution < -0.4 is 4.90 Å². The molecule has 3 heterocycles. The van der Waals surface area contributed by atoms with Gasteiger partial charge in [-0.25, -0.2) is 13.4 Å². The zero-order chi connectivity index (χ0) is 20.7. The van der Waals surface area contributed by atoms with Crippen molar-refractivity contribution in [1.82, 2.24) is 19.4 Å². The van der Waals surface area contributed by atoms with Crippen LogP contribution in [0.3, 0.4) is 0 Å². The summed E-state index contributed by atoms with van der Waals surface area (Å²) in [6, 6.07) is 10.2. The maximum Gasteiger partial charge on any atom is 0.243 e. The number of sulfonamides is 1. The molecule has 1 saturated heterocycles. The summed E-state index contributed by atoms with van der Waals surface area (Å²) in [5, 5.41) is 4.45. The van der Waals surface area contributed by atoms with E-state index in [1.807, 2.05) is 12.1 Å². The van der Waals surface area contributed by atoms with Gasteiger partial charge in [-0.1, -0.05) is 22.8 Å². The molecule has 0 radical (unpaired) electrons. The maximum absolute atomic E-state index is 12.8. The molecule has 2 aliphatic rings. The first-order valence-electron chi connectivity index (χ1n) is 9.81. The van der Waals surface area contributed by atoms with Crippen molar-refractivity contribution in [2.24, 2.45) is 0 Å². The van der Waals surface area contributed by atoms with E-state index in [0.717, 1.165) is 24.2 Å². The quantitative estimate of drug-likeness (QED) is 0.595. The van der Waals surface area contributed by atoms with Crippen molar-refractivity contribution in [3.8, 4) is 11.4 Å². The Morgan fingerprint density at radius 2 is 1.87 bits per heavy atom.